The SMILES string of the molecule is CC.CN.CNC1CCCCC1.CP(c1ccccc1)c1ccccc1C=O.O=Cc1ccccc1Pc1ccccc1. The first-order valence-corrected chi connectivity index (χ1v) is 17.9. The first-order chi connectivity index (χ1) is 21.2. The fraction of sp³-hybridized carbons (Fsp3) is 0.297. The molecular formula is C37H50N2O2P2. The second kappa shape index (κ2) is 24.4. The van der Waals surface area contributed by atoms with Crippen molar-refractivity contribution >= 4 is 50.3 Å². The van der Waals surface area contributed by atoms with Crippen LogP contribution in [-0.4, -0.2) is 39.4 Å². The lowest BCUT2D eigenvalue weighted by Gasteiger charge is -2.20. The molecule has 0 radical (unpaired) electrons. The molecule has 230 valence electrons. The molecule has 4 aromatic rings. The molecule has 0 saturated heterocycles. The maximum atomic E-state index is 11.0. The van der Waals surface area contributed by atoms with Crippen molar-refractivity contribution in [3.05, 3.63) is 120 Å². The second-order valence-corrected chi connectivity index (χ2v) is 12.9. The Morgan fingerprint density at radius 3 is 1.72 bits per heavy atom. The van der Waals surface area contributed by atoms with Gasteiger partial charge in [0, 0.05) is 17.2 Å². The van der Waals surface area contributed by atoms with E-state index in [1.807, 2.05) is 98.8 Å². The van der Waals surface area contributed by atoms with Crippen molar-refractivity contribution in [2.24, 2.45) is 5.73 Å². The van der Waals surface area contributed by atoms with Gasteiger partial charge in [0.1, 0.15) is 0 Å². The van der Waals surface area contributed by atoms with E-state index < -0.39 is 7.92 Å². The minimum Gasteiger partial charge on any atom is -0.333 e. The predicted molar refractivity (Wildman–Crippen MR) is 194 cm³/mol. The Labute approximate surface area is 263 Å². The van der Waals surface area contributed by atoms with Crippen LogP contribution in [0.2, 0.25) is 0 Å². The van der Waals surface area contributed by atoms with Gasteiger partial charge in [-0.1, -0.05) is 151 Å². The average Bonchev–Trinajstić information content (AvgIpc) is 3.11. The molecular weight excluding hydrogens is 566 g/mol. The summed E-state index contributed by atoms with van der Waals surface area (Å²) in [6.07, 6.45) is 8.99. The van der Waals surface area contributed by atoms with Gasteiger partial charge >= 0.3 is 0 Å². The third kappa shape index (κ3) is 14.3. The number of carbonyl (C=O) groups excluding carboxylic acids is 2. The summed E-state index contributed by atoms with van der Waals surface area (Å²) >= 11 is 0. The van der Waals surface area contributed by atoms with Crippen LogP contribution in [0.15, 0.2) is 109 Å². The number of benzene rings is 4. The largest absolute Gasteiger partial charge is 0.333 e. The molecule has 2 atom stereocenters. The fourth-order valence-corrected chi connectivity index (χ4v) is 7.32. The maximum Gasteiger partial charge on any atom is 0.150 e. The Morgan fingerprint density at radius 2 is 1.19 bits per heavy atom. The molecule has 0 heterocycles. The van der Waals surface area contributed by atoms with Crippen molar-refractivity contribution < 1.29 is 9.59 Å². The van der Waals surface area contributed by atoms with E-state index >= 15 is 0 Å². The van der Waals surface area contributed by atoms with Crippen LogP contribution in [0.5, 0.6) is 0 Å². The molecule has 4 nitrogen and oxygen atoms in total. The molecule has 5 rings (SSSR count). The summed E-state index contributed by atoms with van der Waals surface area (Å²) in [7, 11) is 3.69. The van der Waals surface area contributed by atoms with Gasteiger partial charge in [-0.05, 0) is 62.7 Å². The standard InChI is InChI=1S/C14H13OP.C13H11OP.C7H15N.C2H6.CH5N/c1-16(13-8-3-2-4-9-13)14-10-6-5-7-12(14)11-15;14-10-11-6-4-5-9-13(11)15-12-7-2-1-3-8-12;1-8-7-5-3-2-4-6-7;2*1-2/h2-11H,1H3;1-10,15H;7-8H,2-6H2,1H3;1-2H3;2H2,1H3. The number of nitrogens with one attached hydrogen (secondary N) is 1. The Morgan fingerprint density at radius 1 is 0.698 bits per heavy atom. The third-order valence-electron chi connectivity index (χ3n) is 6.72. The van der Waals surface area contributed by atoms with Gasteiger partial charge in [-0.3, -0.25) is 9.59 Å². The van der Waals surface area contributed by atoms with E-state index in [9.17, 15) is 9.59 Å². The van der Waals surface area contributed by atoms with Gasteiger partial charge in [0.15, 0.2) is 12.6 Å². The molecule has 43 heavy (non-hydrogen) atoms. The van der Waals surface area contributed by atoms with Gasteiger partial charge in [0.2, 0.25) is 0 Å². The molecule has 0 aliphatic heterocycles. The minimum absolute atomic E-state index is 0.429. The summed E-state index contributed by atoms with van der Waals surface area (Å²) in [5.41, 5.74) is 6.10. The maximum absolute atomic E-state index is 11.0. The van der Waals surface area contributed by atoms with Crippen LogP contribution in [0.1, 0.15) is 66.7 Å². The summed E-state index contributed by atoms with van der Waals surface area (Å²) in [5, 5.41) is 8.12. The van der Waals surface area contributed by atoms with E-state index in [0.717, 1.165) is 40.4 Å². The van der Waals surface area contributed by atoms with Gasteiger partial charge in [0.05, 0.1) is 0 Å². The van der Waals surface area contributed by atoms with Gasteiger partial charge in [-0.15, -0.1) is 0 Å². The molecule has 4 aromatic carbocycles. The average molecular weight is 617 g/mol. The molecule has 0 spiro atoms. The van der Waals surface area contributed by atoms with E-state index in [4.69, 9.17) is 0 Å². The molecule has 1 saturated carbocycles. The van der Waals surface area contributed by atoms with Crippen LogP contribution in [0, 0.1) is 0 Å². The highest BCUT2D eigenvalue weighted by atomic mass is 31.1. The fourth-order valence-electron chi connectivity index (χ4n) is 4.47. The lowest BCUT2D eigenvalue weighted by molar-refractivity contribution is 0.111. The van der Waals surface area contributed by atoms with Gasteiger partial charge in [0.25, 0.3) is 0 Å². The highest BCUT2D eigenvalue weighted by Gasteiger charge is 2.11. The number of hydrogen-bond donors (Lipinski definition) is 2. The van der Waals surface area contributed by atoms with Crippen LogP contribution in [0.25, 0.3) is 0 Å². The number of nitrogens with two attached hydrogens (primary N) is 1. The van der Waals surface area contributed by atoms with Gasteiger partial charge in [-0.2, -0.15) is 0 Å². The number of carbonyl (C=O) groups is 2. The minimum atomic E-state index is -0.429. The van der Waals surface area contributed by atoms with Gasteiger partial charge in [-0.25, -0.2) is 0 Å². The van der Waals surface area contributed by atoms with E-state index in [-0.39, 0.29) is 0 Å². The predicted octanol–water partition coefficient (Wildman–Crippen LogP) is 6.83. The number of rotatable bonds is 7. The summed E-state index contributed by atoms with van der Waals surface area (Å²) < 4.78 is 0. The topological polar surface area (TPSA) is 72.2 Å². The Bertz CT molecular complexity index is 1260. The molecule has 1 aliphatic rings. The van der Waals surface area contributed by atoms with E-state index in [0.29, 0.717) is 8.58 Å². The zero-order valence-corrected chi connectivity index (χ0v) is 28.4. The molecule has 0 amide bonds. The molecule has 3 N–H and O–H groups in total. The molecule has 1 fully saturated rings. The lowest BCUT2D eigenvalue weighted by Crippen LogP contribution is -2.26. The van der Waals surface area contributed by atoms with Gasteiger partial charge < -0.3 is 11.1 Å². The summed E-state index contributed by atoms with van der Waals surface area (Å²) in [6.45, 7) is 6.19. The normalized spacial score (nSPS) is 12.9. The Balaban J connectivity index is 0.000000318. The second-order valence-electron chi connectivity index (χ2n) is 9.39. The van der Waals surface area contributed by atoms with Crippen molar-refractivity contribution in [2.75, 3.05) is 20.8 Å². The van der Waals surface area contributed by atoms with E-state index in [1.54, 1.807) is 0 Å². The van der Waals surface area contributed by atoms with Crippen LogP contribution in [0.3, 0.4) is 0 Å². The summed E-state index contributed by atoms with van der Waals surface area (Å²) in [6, 6.07) is 36.9. The van der Waals surface area contributed by atoms with Crippen LogP contribution in [0.4, 0.5) is 0 Å². The smallest absolute Gasteiger partial charge is 0.150 e. The number of hydrogen-bond acceptors (Lipinski definition) is 4. The first kappa shape index (κ1) is 38.0. The van der Waals surface area contributed by atoms with Crippen LogP contribution >= 0.6 is 16.5 Å². The summed E-state index contributed by atoms with van der Waals surface area (Å²) in [5.74, 6) is 0. The van der Waals surface area contributed by atoms with E-state index in [1.165, 1.54) is 49.8 Å². The van der Waals surface area contributed by atoms with Crippen molar-refractivity contribution in [3.63, 3.8) is 0 Å². The zero-order valence-electron chi connectivity index (χ0n) is 26.5. The monoisotopic (exact) mass is 616 g/mol. The molecule has 1 aliphatic carbocycles. The van der Waals surface area contributed by atoms with Crippen LogP contribution in [-0.2, 0) is 0 Å². The molecule has 2 unspecified atom stereocenters. The van der Waals surface area contributed by atoms with Crippen molar-refractivity contribution in [2.45, 2.75) is 52.0 Å². The molecule has 0 aromatic heterocycles. The van der Waals surface area contributed by atoms with Crippen molar-refractivity contribution in [3.8, 4) is 0 Å². The molecule has 0 bridgehead atoms. The third-order valence-corrected chi connectivity index (χ3v) is 10.3. The first-order valence-electron chi connectivity index (χ1n) is 15.1. The number of aldehydes is 2. The molecule has 6 heteroatoms. The van der Waals surface area contributed by atoms with Crippen molar-refractivity contribution in [1.29, 1.82) is 0 Å². The zero-order chi connectivity index (χ0) is 31.7. The van der Waals surface area contributed by atoms with Crippen molar-refractivity contribution in [1.82, 2.24) is 5.32 Å². The quantitative estimate of drug-likeness (QED) is 0.176. The lowest BCUT2D eigenvalue weighted by atomic mass is 9.96. The summed E-state index contributed by atoms with van der Waals surface area (Å²) in [4.78, 5) is 21.8. The van der Waals surface area contributed by atoms with Crippen LogP contribution < -0.4 is 32.3 Å². The highest BCUT2D eigenvalue weighted by Crippen LogP contribution is 2.29. The Hall–Kier alpha value is -3.00. The highest BCUT2D eigenvalue weighted by molar-refractivity contribution is 7.72. The van der Waals surface area contributed by atoms with E-state index in [2.05, 4.69) is 49.0 Å². The Kier molecular flexibility index (Phi) is 21.6.